The number of fused-ring (bicyclic) bond motifs is 2. The van der Waals surface area contributed by atoms with E-state index in [1.54, 1.807) is 37.6 Å². The number of pyridine rings is 1. The fourth-order valence-electron chi connectivity index (χ4n) is 4.79. The molecule has 0 spiro atoms. The van der Waals surface area contributed by atoms with Gasteiger partial charge in [0.2, 0.25) is 0 Å². The predicted molar refractivity (Wildman–Crippen MR) is 144 cm³/mol. The molecular formula is C29H21N3O4S. The van der Waals surface area contributed by atoms with Gasteiger partial charge < -0.3 is 9.84 Å². The second-order valence-corrected chi connectivity index (χ2v) is 9.75. The first-order chi connectivity index (χ1) is 18.0. The lowest BCUT2D eigenvalue weighted by molar-refractivity contribution is -0.132. The van der Waals surface area contributed by atoms with Gasteiger partial charge in [0.1, 0.15) is 17.6 Å². The van der Waals surface area contributed by atoms with Crippen LogP contribution >= 0.6 is 11.3 Å². The number of hydrogen-bond donors (Lipinski definition) is 1. The van der Waals surface area contributed by atoms with Crippen molar-refractivity contribution in [1.29, 1.82) is 0 Å². The number of carbonyl (C=O) groups excluding carboxylic acids is 2. The number of ether oxygens (including phenoxy) is 1. The molecule has 1 atom stereocenters. The third-order valence-electron chi connectivity index (χ3n) is 6.56. The molecule has 1 aliphatic rings. The van der Waals surface area contributed by atoms with E-state index in [1.165, 1.54) is 16.2 Å². The Morgan fingerprint density at radius 3 is 2.59 bits per heavy atom. The average Bonchev–Trinajstić information content (AvgIpc) is 3.45. The third kappa shape index (κ3) is 3.65. The summed E-state index contributed by atoms with van der Waals surface area (Å²) >= 11 is 1.28. The average molecular weight is 508 g/mol. The molecule has 1 saturated heterocycles. The Hall–Kier alpha value is -4.56. The smallest absolute Gasteiger partial charge is 0.301 e. The zero-order chi connectivity index (χ0) is 25.7. The van der Waals surface area contributed by atoms with Crippen molar-refractivity contribution in [3.8, 4) is 5.75 Å². The largest absolute Gasteiger partial charge is 0.507 e. The van der Waals surface area contributed by atoms with Gasteiger partial charge in [0.15, 0.2) is 5.13 Å². The fraction of sp³-hybridized carbons (Fsp3) is 0.103. The molecule has 0 radical (unpaired) electrons. The molecule has 1 unspecified atom stereocenters. The molecule has 0 aliphatic carbocycles. The molecule has 7 nitrogen and oxygen atoms in total. The normalized spacial score (nSPS) is 17.1. The summed E-state index contributed by atoms with van der Waals surface area (Å²) < 4.78 is 6.26. The number of thiazole rings is 1. The number of aliphatic hydroxyl groups is 1. The number of nitrogens with zero attached hydrogens (tertiary/aromatic N) is 3. The molecule has 1 fully saturated rings. The van der Waals surface area contributed by atoms with Crippen molar-refractivity contribution >= 4 is 54.9 Å². The van der Waals surface area contributed by atoms with Crippen LogP contribution in [0.1, 0.15) is 22.9 Å². The van der Waals surface area contributed by atoms with E-state index >= 15 is 0 Å². The summed E-state index contributed by atoms with van der Waals surface area (Å²) in [4.78, 5) is 37.5. The topological polar surface area (TPSA) is 92.6 Å². The summed E-state index contributed by atoms with van der Waals surface area (Å²) in [7, 11) is 1.60. The van der Waals surface area contributed by atoms with Crippen molar-refractivity contribution in [2.24, 2.45) is 0 Å². The highest BCUT2D eigenvalue weighted by Gasteiger charge is 2.49. The van der Waals surface area contributed by atoms with Gasteiger partial charge in [-0.05, 0) is 47.5 Å². The maximum atomic E-state index is 13.5. The Balaban J connectivity index is 1.58. The number of aryl methyl sites for hydroxylation is 1. The molecule has 0 saturated carbocycles. The number of Topliss-reactive ketones (excluding diaryl/α,β-unsaturated/α-hetero) is 1. The van der Waals surface area contributed by atoms with E-state index in [-0.39, 0.29) is 11.3 Å². The van der Waals surface area contributed by atoms with Crippen LogP contribution in [0.3, 0.4) is 0 Å². The monoisotopic (exact) mass is 507 g/mol. The van der Waals surface area contributed by atoms with E-state index in [4.69, 9.17) is 9.72 Å². The first-order valence-electron chi connectivity index (χ1n) is 11.6. The molecule has 0 bridgehead atoms. The second-order valence-electron chi connectivity index (χ2n) is 8.74. The zero-order valence-electron chi connectivity index (χ0n) is 20.0. The number of methoxy groups -OCH3 is 1. The van der Waals surface area contributed by atoms with Crippen molar-refractivity contribution in [2.45, 2.75) is 13.0 Å². The Morgan fingerprint density at radius 1 is 1.03 bits per heavy atom. The first kappa shape index (κ1) is 22.9. The van der Waals surface area contributed by atoms with Gasteiger partial charge in [0, 0.05) is 11.8 Å². The SMILES string of the molecule is COc1cc2sc(N3C(=O)C(=O)/C(=C(/O)c4cccc5ccccc45)C3c3ccccn3)nc2cc1C. The number of ketones is 1. The van der Waals surface area contributed by atoms with Gasteiger partial charge in [0.05, 0.1) is 28.6 Å². The number of carbonyl (C=O) groups is 2. The molecule has 1 amide bonds. The van der Waals surface area contributed by atoms with Gasteiger partial charge in [0.25, 0.3) is 5.78 Å². The molecule has 2 aromatic heterocycles. The fourth-order valence-corrected chi connectivity index (χ4v) is 5.80. The molecule has 37 heavy (non-hydrogen) atoms. The molecule has 3 aromatic carbocycles. The van der Waals surface area contributed by atoms with Crippen LogP contribution in [0.25, 0.3) is 26.7 Å². The highest BCUT2D eigenvalue weighted by atomic mass is 32.1. The summed E-state index contributed by atoms with van der Waals surface area (Å²) in [6.45, 7) is 1.92. The van der Waals surface area contributed by atoms with Crippen LogP contribution in [-0.4, -0.2) is 33.9 Å². The summed E-state index contributed by atoms with van der Waals surface area (Å²) in [5, 5.41) is 13.6. The van der Waals surface area contributed by atoms with Gasteiger partial charge in [-0.25, -0.2) is 4.98 Å². The van der Waals surface area contributed by atoms with Crippen LogP contribution in [0.15, 0.2) is 84.6 Å². The van der Waals surface area contributed by atoms with Gasteiger partial charge in [-0.1, -0.05) is 59.9 Å². The number of anilines is 1. The number of benzene rings is 3. The Kier molecular flexibility index (Phi) is 5.46. The summed E-state index contributed by atoms with van der Waals surface area (Å²) in [6.07, 6.45) is 1.60. The summed E-state index contributed by atoms with van der Waals surface area (Å²) in [5.74, 6) is -1.08. The van der Waals surface area contributed by atoms with E-state index in [1.807, 2.05) is 55.5 Å². The quantitative estimate of drug-likeness (QED) is 0.188. The Morgan fingerprint density at radius 2 is 1.81 bits per heavy atom. The number of hydrogen-bond acceptors (Lipinski definition) is 7. The molecule has 6 rings (SSSR count). The number of rotatable bonds is 4. The van der Waals surface area contributed by atoms with Gasteiger partial charge in [-0.2, -0.15) is 0 Å². The number of amides is 1. The minimum Gasteiger partial charge on any atom is -0.507 e. The lowest BCUT2D eigenvalue weighted by Gasteiger charge is -2.22. The van der Waals surface area contributed by atoms with Crippen LogP contribution in [0.2, 0.25) is 0 Å². The summed E-state index contributed by atoms with van der Waals surface area (Å²) in [5.41, 5.74) is 2.51. The standard InChI is InChI=1S/C29H21N3O4S/c1-16-14-21-23(15-22(16)36-2)37-29(31-21)32-25(20-12-5-6-13-30-20)24(27(34)28(32)35)26(33)19-11-7-9-17-8-3-4-10-18(17)19/h3-15,25,33H,1-2H3/b26-24+. The van der Waals surface area contributed by atoms with E-state index in [9.17, 15) is 14.7 Å². The highest BCUT2D eigenvalue weighted by molar-refractivity contribution is 7.22. The molecule has 1 N–H and O–H groups in total. The third-order valence-corrected chi connectivity index (χ3v) is 7.57. The van der Waals surface area contributed by atoms with Crippen LogP contribution in [-0.2, 0) is 9.59 Å². The molecule has 1 aliphatic heterocycles. The summed E-state index contributed by atoms with van der Waals surface area (Å²) in [6, 6.07) is 21.2. The predicted octanol–water partition coefficient (Wildman–Crippen LogP) is 5.79. The zero-order valence-corrected chi connectivity index (χ0v) is 20.8. The van der Waals surface area contributed by atoms with E-state index < -0.39 is 17.7 Å². The van der Waals surface area contributed by atoms with Gasteiger partial charge in [-0.3, -0.25) is 19.5 Å². The van der Waals surface area contributed by atoms with E-state index in [0.717, 1.165) is 21.0 Å². The Labute approximate surface area is 216 Å². The van der Waals surface area contributed by atoms with Crippen molar-refractivity contribution in [2.75, 3.05) is 12.0 Å². The Bertz CT molecular complexity index is 1740. The minimum atomic E-state index is -0.941. The maximum Gasteiger partial charge on any atom is 0.301 e. The van der Waals surface area contributed by atoms with Crippen LogP contribution in [0.4, 0.5) is 5.13 Å². The lowest BCUT2D eigenvalue weighted by Crippen LogP contribution is -2.29. The molecule has 5 aromatic rings. The van der Waals surface area contributed by atoms with Crippen LogP contribution < -0.4 is 9.64 Å². The molecular weight excluding hydrogens is 486 g/mol. The minimum absolute atomic E-state index is 0.0203. The molecule has 3 heterocycles. The molecule has 8 heteroatoms. The second kappa shape index (κ2) is 8.83. The van der Waals surface area contributed by atoms with E-state index in [0.29, 0.717) is 27.7 Å². The van der Waals surface area contributed by atoms with Crippen molar-refractivity contribution in [3.63, 3.8) is 0 Å². The highest BCUT2D eigenvalue weighted by Crippen LogP contribution is 2.45. The van der Waals surface area contributed by atoms with Crippen molar-refractivity contribution in [1.82, 2.24) is 9.97 Å². The van der Waals surface area contributed by atoms with Crippen LogP contribution in [0, 0.1) is 6.92 Å². The van der Waals surface area contributed by atoms with Gasteiger partial charge in [-0.15, -0.1) is 0 Å². The molecule has 182 valence electrons. The van der Waals surface area contributed by atoms with Crippen molar-refractivity contribution < 1.29 is 19.4 Å². The maximum absolute atomic E-state index is 13.5. The van der Waals surface area contributed by atoms with Crippen LogP contribution in [0.5, 0.6) is 5.75 Å². The number of aliphatic hydroxyl groups excluding tert-OH is 1. The van der Waals surface area contributed by atoms with Gasteiger partial charge >= 0.3 is 5.91 Å². The van der Waals surface area contributed by atoms with Crippen molar-refractivity contribution in [3.05, 3.63) is 101 Å². The first-order valence-corrected chi connectivity index (χ1v) is 12.4. The van der Waals surface area contributed by atoms with E-state index in [2.05, 4.69) is 4.98 Å². The lowest BCUT2D eigenvalue weighted by atomic mass is 9.95. The number of aromatic nitrogens is 2.